The highest BCUT2D eigenvalue weighted by atomic mass is 32.2. The number of hydrogen-bond acceptors (Lipinski definition) is 3. The molecule has 0 atom stereocenters. The monoisotopic (exact) mass is 298 g/mol. The lowest BCUT2D eigenvalue weighted by molar-refractivity contribution is 0.0952. The van der Waals surface area contributed by atoms with Gasteiger partial charge in [0.05, 0.1) is 11.9 Å². The van der Waals surface area contributed by atoms with Crippen molar-refractivity contribution in [1.29, 1.82) is 0 Å². The molecule has 0 unspecified atom stereocenters. The Balaban J connectivity index is 3.04. The van der Waals surface area contributed by atoms with E-state index in [1.54, 1.807) is 25.1 Å². The summed E-state index contributed by atoms with van der Waals surface area (Å²) in [6, 6.07) is 5.09. The molecule has 0 spiro atoms. The third-order valence-corrected chi connectivity index (χ3v) is 4.39. The van der Waals surface area contributed by atoms with Crippen molar-refractivity contribution in [3.05, 3.63) is 29.3 Å². The number of unbranched alkanes of at least 4 members (excludes halogenated alkanes) is 1. The van der Waals surface area contributed by atoms with Gasteiger partial charge >= 0.3 is 0 Å². The molecule has 6 heteroatoms. The highest BCUT2D eigenvalue weighted by Gasteiger charge is 2.18. The van der Waals surface area contributed by atoms with Crippen molar-refractivity contribution in [1.82, 2.24) is 5.32 Å². The largest absolute Gasteiger partial charge is 0.352 e. The second-order valence-electron chi connectivity index (χ2n) is 4.79. The van der Waals surface area contributed by atoms with E-state index in [0.717, 1.165) is 19.1 Å². The van der Waals surface area contributed by atoms with Crippen LogP contribution in [0.4, 0.5) is 5.69 Å². The van der Waals surface area contributed by atoms with Crippen LogP contribution in [0.2, 0.25) is 0 Å². The number of nitrogens with one attached hydrogen (secondary N) is 1. The Labute approximate surface area is 121 Å². The van der Waals surface area contributed by atoms with Gasteiger partial charge in [0.2, 0.25) is 10.0 Å². The van der Waals surface area contributed by atoms with Gasteiger partial charge in [0, 0.05) is 19.2 Å². The first-order chi connectivity index (χ1) is 9.29. The predicted molar refractivity (Wildman–Crippen MR) is 81.7 cm³/mol. The Morgan fingerprint density at radius 2 is 2.00 bits per heavy atom. The van der Waals surface area contributed by atoms with Crippen LogP contribution >= 0.6 is 0 Å². The number of sulfonamides is 1. The molecule has 0 fully saturated rings. The van der Waals surface area contributed by atoms with Gasteiger partial charge in [0.25, 0.3) is 5.91 Å². The molecule has 0 heterocycles. The SMILES string of the molecule is CCCCNC(=O)c1cccc(N(C)S(C)(=O)=O)c1C. The van der Waals surface area contributed by atoms with E-state index in [1.807, 2.05) is 0 Å². The van der Waals surface area contributed by atoms with Gasteiger partial charge in [-0.15, -0.1) is 0 Å². The van der Waals surface area contributed by atoms with Crippen LogP contribution in [0.15, 0.2) is 18.2 Å². The molecule has 1 aromatic carbocycles. The molecular weight excluding hydrogens is 276 g/mol. The van der Waals surface area contributed by atoms with Crippen molar-refractivity contribution in [2.24, 2.45) is 0 Å². The molecule has 0 saturated heterocycles. The van der Waals surface area contributed by atoms with Gasteiger partial charge in [-0.3, -0.25) is 9.10 Å². The van der Waals surface area contributed by atoms with E-state index in [9.17, 15) is 13.2 Å². The standard InChI is InChI=1S/C14H22N2O3S/c1-5-6-10-15-14(17)12-8-7-9-13(11(12)2)16(3)20(4,18)19/h7-9H,5-6,10H2,1-4H3,(H,15,17). The quantitative estimate of drug-likeness (QED) is 0.816. The van der Waals surface area contributed by atoms with E-state index in [1.165, 1.54) is 11.4 Å². The van der Waals surface area contributed by atoms with Crippen molar-refractivity contribution < 1.29 is 13.2 Å². The molecule has 1 aromatic rings. The predicted octanol–water partition coefficient (Wildman–Crippen LogP) is 1.92. The van der Waals surface area contributed by atoms with Gasteiger partial charge in [-0.25, -0.2) is 8.42 Å². The molecule has 5 nitrogen and oxygen atoms in total. The van der Waals surface area contributed by atoms with Gasteiger partial charge in [-0.2, -0.15) is 0 Å². The van der Waals surface area contributed by atoms with Crippen molar-refractivity contribution in [3.8, 4) is 0 Å². The maximum atomic E-state index is 12.1. The Hall–Kier alpha value is -1.56. The first-order valence-corrected chi connectivity index (χ1v) is 8.45. The zero-order chi connectivity index (χ0) is 15.3. The number of amides is 1. The number of carbonyl (C=O) groups excluding carboxylic acids is 1. The van der Waals surface area contributed by atoms with Crippen molar-refractivity contribution in [2.75, 3.05) is 24.2 Å². The highest BCUT2D eigenvalue weighted by molar-refractivity contribution is 7.92. The van der Waals surface area contributed by atoms with Crippen LogP contribution in [-0.2, 0) is 10.0 Å². The van der Waals surface area contributed by atoms with Gasteiger partial charge in [-0.05, 0) is 31.0 Å². The van der Waals surface area contributed by atoms with Gasteiger partial charge in [-0.1, -0.05) is 19.4 Å². The number of hydrogen-bond donors (Lipinski definition) is 1. The van der Waals surface area contributed by atoms with Crippen LogP contribution in [0.1, 0.15) is 35.7 Å². The fourth-order valence-electron chi connectivity index (χ4n) is 1.86. The molecular formula is C14H22N2O3S. The fourth-order valence-corrected chi connectivity index (χ4v) is 2.42. The van der Waals surface area contributed by atoms with Crippen molar-refractivity contribution >= 4 is 21.6 Å². The van der Waals surface area contributed by atoms with E-state index in [4.69, 9.17) is 0 Å². The Bertz CT molecular complexity index is 582. The number of rotatable bonds is 6. The first-order valence-electron chi connectivity index (χ1n) is 6.60. The molecule has 0 radical (unpaired) electrons. The lowest BCUT2D eigenvalue weighted by atomic mass is 10.1. The molecule has 1 N–H and O–H groups in total. The average molecular weight is 298 g/mol. The maximum Gasteiger partial charge on any atom is 0.251 e. The Kier molecular flexibility index (Phi) is 5.56. The van der Waals surface area contributed by atoms with E-state index < -0.39 is 10.0 Å². The Morgan fingerprint density at radius 3 is 2.55 bits per heavy atom. The Morgan fingerprint density at radius 1 is 1.35 bits per heavy atom. The number of benzene rings is 1. The molecule has 0 aliphatic heterocycles. The van der Waals surface area contributed by atoms with Gasteiger partial charge in [0.15, 0.2) is 0 Å². The minimum atomic E-state index is -3.34. The molecule has 0 saturated carbocycles. The first kappa shape index (κ1) is 16.5. The third-order valence-electron chi connectivity index (χ3n) is 3.20. The molecule has 20 heavy (non-hydrogen) atoms. The van der Waals surface area contributed by atoms with E-state index >= 15 is 0 Å². The van der Waals surface area contributed by atoms with Crippen LogP contribution in [0.5, 0.6) is 0 Å². The minimum absolute atomic E-state index is 0.167. The third kappa shape index (κ3) is 3.96. The van der Waals surface area contributed by atoms with Crippen molar-refractivity contribution in [3.63, 3.8) is 0 Å². The number of carbonyl (C=O) groups is 1. The van der Waals surface area contributed by atoms with E-state index in [2.05, 4.69) is 12.2 Å². The summed E-state index contributed by atoms with van der Waals surface area (Å²) in [4.78, 5) is 12.1. The van der Waals surface area contributed by atoms with Crippen LogP contribution in [-0.4, -0.2) is 34.2 Å². The fraction of sp³-hybridized carbons (Fsp3) is 0.500. The molecule has 1 rings (SSSR count). The summed E-state index contributed by atoms with van der Waals surface area (Å²) >= 11 is 0. The number of anilines is 1. The molecule has 0 aliphatic rings. The normalized spacial score (nSPS) is 11.2. The van der Waals surface area contributed by atoms with Crippen LogP contribution < -0.4 is 9.62 Å². The van der Waals surface area contributed by atoms with Gasteiger partial charge < -0.3 is 5.32 Å². The van der Waals surface area contributed by atoms with Gasteiger partial charge in [0.1, 0.15) is 0 Å². The van der Waals surface area contributed by atoms with E-state index in [0.29, 0.717) is 23.4 Å². The molecule has 0 bridgehead atoms. The number of nitrogens with zero attached hydrogens (tertiary/aromatic N) is 1. The summed E-state index contributed by atoms with van der Waals surface area (Å²) in [5, 5.41) is 2.84. The topological polar surface area (TPSA) is 66.5 Å². The molecule has 112 valence electrons. The summed E-state index contributed by atoms with van der Waals surface area (Å²) < 4.78 is 24.4. The maximum absolute atomic E-state index is 12.1. The average Bonchev–Trinajstić information content (AvgIpc) is 2.37. The second kappa shape index (κ2) is 6.74. The lowest BCUT2D eigenvalue weighted by Gasteiger charge is -2.20. The van der Waals surface area contributed by atoms with Crippen molar-refractivity contribution in [2.45, 2.75) is 26.7 Å². The zero-order valence-corrected chi connectivity index (χ0v) is 13.3. The second-order valence-corrected chi connectivity index (χ2v) is 6.80. The van der Waals surface area contributed by atoms with E-state index in [-0.39, 0.29) is 5.91 Å². The molecule has 0 aromatic heterocycles. The highest BCUT2D eigenvalue weighted by Crippen LogP contribution is 2.23. The molecule has 1 amide bonds. The summed E-state index contributed by atoms with van der Waals surface area (Å²) in [5.74, 6) is -0.167. The lowest BCUT2D eigenvalue weighted by Crippen LogP contribution is -2.28. The molecule has 0 aliphatic carbocycles. The summed E-state index contributed by atoms with van der Waals surface area (Å²) in [5.41, 5.74) is 1.69. The minimum Gasteiger partial charge on any atom is -0.352 e. The smallest absolute Gasteiger partial charge is 0.251 e. The van der Waals surface area contributed by atoms with Crippen LogP contribution in [0.25, 0.3) is 0 Å². The van der Waals surface area contributed by atoms with Crippen LogP contribution in [0.3, 0.4) is 0 Å². The summed E-state index contributed by atoms with van der Waals surface area (Å²) in [7, 11) is -1.86. The summed E-state index contributed by atoms with van der Waals surface area (Å²) in [6.07, 6.45) is 3.07. The zero-order valence-electron chi connectivity index (χ0n) is 12.4. The van der Waals surface area contributed by atoms with Crippen LogP contribution in [0, 0.1) is 6.92 Å². The summed E-state index contributed by atoms with van der Waals surface area (Å²) in [6.45, 7) is 4.44.